The second-order valence-corrected chi connectivity index (χ2v) is 7.13. The minimum atomic E-state index is -3.54. The van der Waals surface area contributed by atoms with E-state index in [1.165, 1.54) is 7.11 Å². The Bertz CT molecular complexity index is 598. The van der Waals surface area contributed by atoms with E-state index in [2.05, 4.69) is 19.7 Å². The van der Waals surface area contributed by atoms with Gasteiger partial charge in [-0.1, -0.05) is 6.42 Å². The van der Waals surface area contributed by atoms with Gasteiger partial charge in [0.25, 0.3) is 0 Å². The molecule has 2 rings (SSSR count). The molecule has 1 aliphatic rings. The first-order valence-corrected chi connectivity index (χ1v) is 8.39. The van der Waals surface area contributed by atoms with Crippen molar-refractivity contribution in [3.8, 4) is 0 Å². The lowest BCUT2D eigenvalue weighted by atomic mass is 10.1. The molecule has 0 spiro atoms. The summed E-state index contributed by atoms with van der Waals surface area (Å²) in [7, 11) is -0.455. The van der Waals surface area contributed by atoms with Crippen molar-refractivity contribution < 1.29 is 17.9 Å². The summed E-state index contributed by atoms with van der Waals surface area (Å²) in [4.78, 5) is 11.6. The highest BCUT2D eigenvalue weighted by atomic mass is 32.2. The topological polar surface area (TPSA) is 103 Å². The standard InChI is InChI=1S/C12H20N4O4S/c1-16-8-13-15-11(16)6-7-14-21(18,19)10-5-3-4-9(10)12(17)20-2/h8-10,14H,3-7H2,1-2H3. The molecule has 1 heterocycles. The van der Waals surface area contributed by atoms with Crippen LogP contribution in [0.2, 0.25) is 0 Å². The third kappa shape index (κ3) is 3.59. The Kier molecular flexibility index (Phi) is 4.94. The molecule has 1 aliphatic carbocycles. The van der Waals surface area contributed by atoms with Crippen LogP contribution >= 0.6 is 0 Å². The van der Waals surface area contributed by atoms with E-state index in [0.29, 0.717) is 31.5 Å². The van der Waals surface area contributed by atoms with Gasteiger partial charge in [0.2, 0.25) is 10.0 Å². The molecule has 1 N–H and O–H groups in total. The van der Waals surface area contributed by atoms with E-state index in [9.17, 15) is 13.2 Å². The second kappa shape index (κ2) is 6.52. The number of carbonyl (C=O) groups excluding carboxylic acids is 1. The first-order chi connectivity index (χ1) is 9.95. The Hall–Kier alpha value is -1.48. The van der Waals surface area contributed by atoms with Crippen LogP contribution in [0.15, 0.2) is 6.33 Å². The molecule has 21 heavy (non-hydrogen) atoms. The van der Waals surface area contributed by atoms with Crippen LogP contribution in [0.4, 0.5) is 0 Å². The van der Waals surface area contributed by atoms with Gasteiger partial charge in [0.05, 0.1) is 18.3 Å². The largest absolute Gasteiger partial charge is 0.469 e. The molecule has 1 aromatic rings. The van der Waals surface area contributed by atoms with Gasteiger partial charge in [0.15, 0.2) is 0 Å². The minimum Gasteiger partial charge on any atom is -0.469 e. The highest BCUT2D eigenvalue weighted by Gasteiger charge is 2.41. The lowest BCUT2D eigenvalue weighted by molar-refractivity contribution is -0.145. The van der Waals surface area contributed by atoms with Gasteiger partial charge in [0.1, 0.15) is 12.2 Å². The Morgan fingerprint density at radius 3 is 2.90 bits per heavy atom. The Morgan fingerprint density at radius 2 is 2.29 bits per heavy atom. The van der Waals surface area contributed by atoms with Crippen LogP contribution < -0.4 is 4.72 Å². The zero-order valence-corrected chi connectivity index (χ0v) is 13.0. The molecule has 1 saturated carbocycles. The number of carbonyl (C=O) groups is 1. The molecule has 0 aromatic carbocycles. The second-order valence-electron chi connectivity index (χ2n) is 5.15. The zero-order valence-electron chi connectivity index (χ0n) is 12.2. The minimum absolute atomic E-state index is 0.235. The van der Waals surface area contributed by atoms with Crippen molar-refractivity contribution in [2.75, 3.05) is 13.7 Å². The number of ether oxygens (including phenoxy) is 1. The summed E-state index contributed by atoms with van der Waals surface area (Å²) in [5, 5.41) is 6.92. The van der Waals surface area contributed by atoms with E-state index in [0.717, 1.165) is 0 Å². The van der Waals surface area contributed by atoms with Gasteiger partial charge >= 0.3 is 5.97 Å². The predicted octanol–water partition coefficient (Wildman–Crippen LogP) is -0.381. The maximum absolute atomic E-state index is 12.3. The molecule has 0 amide bonds. The van der Waals surface area contributed by atoms with E-state index in [1.54, 1.807) is 17.9 Å². The maximum Gasteiger partial charge on any atom is 0.310 e. The van der Waals surface area contributed by atoms with Crippen LogP contribution in [0.1, 0.15) is 25.1 Å². The highest BCUT2D eigenvalue weighted by Crippen LogP contribution is 2.31. The summed E-state index contributed by atoms with van der Waals surface area (Å²) in [6.45, 7) is 0.235. The monoisotopic (exact) mass is 316 g/mol. The Morgan fingerprint density at radius 1 is 1.52 bits per heavy atom. The molecule has 1 fully saturated rings. The summed E-state index contributed by atoms with van der Waals surface area (Å²) >= 11 is 0. The van der Waals surface area contributed by atoms with Crippen molar-refractivity contribution in [2.24, 2.45) is 13.0 Å². The average molecular weight is 316 g/mol. The lowest BCUT2D eigenvalue weighted by Crippen LogP contribution is -2.40. The van der Waals surface area contributed by atoms with E-state index >= 15 is 0 Å². The summed E-state index contributed by atoms with van der Waals surface area (Å²) in [5.41, 5.74) is 0. The average Bonchev–Trinajstić information content (AvgIpc) is 3.07. The van der Waals surface area contributed by atoms with Crippen molar-refractivity contribution in [1.82, 2.24) is 19.5 Å². The van der Waals surface area contributed by atoms with E-state index < -0.39 is 27.2 Å². The Balaban J connectivity index is 1.95. The number of rotatable bonds is 6. The summed E-state index contributed by atoms with van der Waals surface area (Å²) < 4.78 is 33.6. The number of esters is 1. The summed E-state index contributed by atoms with van der Waals surface area (Å²) in [6.07, 6.45) is 3.77. The van der Waals surface area contributed by atoms with Crippen molar-refractivity contribution in [2.45, 2.75) is 30.9 Å². The molecule has 9 heteroatoms. The van der Waals surface area contributed by atoms with Crippen LogP contribution in [-0.4, -0.2) is 48.1 Å². The number of hydrogen-bond acceptors (Lipinski definition) is 6. The molecule has 2 unspecified atom stereocenters. The van der Waals surface area contributed by atoms with Crippen LogP contribution in [-0.2, 0) is 33.0 Å². The molecule has 118 valence electrons. The number of sulfonamides is 1. The first kappa shape index (κ1) is 15.9. The van der Waals surface area contributed by atoms with Gasteiger partial charge in [-0.2, -0.15) is 0 Å². The van der Waals surface area contributed by atoms with E-state index in [4.69, 9.17) is 0 Å². The van der Waals surface area contributed by atoms with Gasteiger partial charge in [-0.15, -0.1) is 10.2 Å². The van der Waals surface area contributed by atoms with Crippen molar-refractivity contribution in [3.63, 3.8) is 0 Å². The molecule has 0 aliphatic heterocycles. The summed E-state index contributed by atoms with van der Waals surface area (Å²) in [5.74, 6) is -0.313. The number of aryl methyl sites for hydroxylation is 1. The first-order valence-electron chi connectivity index (χ1n) is 6.85. The molecule has 0 saturated heterocycles. The van der Waals surface area contributed by atoms with Crippen molar-refractivity contribution >= 4 is 16.0 Å². The number of hydrogen-bond donors (Lipinski definition) is 1. The lowest BCUT2D eigenvalue weighted by Gasteiger charge is -2.18. The molecule has 0 bridgehead atoms. The number of nitrogens with zero attached hydrogens (tertiary/aromatic N) is 3. The van der Waals surface area contributed by atoms with E-state index in [1.807, 2.05) is 0 Å². The highest BCUT2D eigenvalue weighted by molar-refractivity contribution is 7.90. The Labute approximate surface area is 123 Å². The molecule has 2 atom stereocenters. The molecule has 0 radical (unpaired) electrons. The van der Waals surface area contributed by atoms with Crippen LogP contribution in [0.3, 0.4) is 0 Å². The number of aromatic nitrogens is 3. The third-order valence-corrected chi connectivity index (χ3v) is 5.78. The number of nitrogens with one attached hydrogen (secondary N) is 1. The van der Waals surface area contributed by atoms with Crippen LogP contribution in [0.25, 0.3) is 0 Å². The van der Waals surface area contributed by atoms with Crippen molar-refractivity contribution in [3.05, 3.63) is 12.2 Å². The van der Waals surface area contributed by atoms with Gasteiger partial charge in [-0.25, -0.2) is 13.1 Å². The van der Waals surface area contributed by atoms with Gasteiger partial charge < -0.3 is 9.30 Å². The fourth-order valence-corrected chi connectivity index (χ4v) is 4.42. The zero-order chi connectivity index (χ0) is 15.5. The van der Waals surface area contributed by atoms with Gasteiger partial charge in [0, 0.05) is 20.0 Å². The van der Waals surface area contributed by atoms with E-state index in [-0.39, 0.29) is 6.54 Å². The normalized spacial score (nSPS) is 22.4. The van der Waals surface area contributed by atoms with Crippen molar-refractivity contribution in [1.29, 1.82) is 0 Å². The fourth-order valence-electron chi connectivity index (χ4n) is 2.66. The maximum atomic E-state index is 12.3. The molecule has 1 aromatic heterocycles. The predicted molar refractivity (Wildman–Crippen MR) is 74.8 cm³/mol. The molecular weight excluding hydrogens is 296 g/mol. The van der Waals surface area contributed by atoms with Gasteiger partial charge in [-0.3, -0.25) is 4.79 Å². The fraction of sp³-hybridized carbons (Fsp3) is 0.750. The smallest absolute Gasteiger partial charge is 0.310 e. The van der Waals surface area contributed by atoms with Crippen LogP contribution in [0, 0.1) is 5.92 Å². The molecular formula is C12H20N4O4S. The third-order valence-electron chi connectivity index (χ3n) is 3.81. The van der Waals surface area contributed by atoms with Gasteiger partial charge in [-0.05, 0) is 12.8 Å². The number of methoxy groups -OCH3 is 1. The SMILES string of the molecule is COC(=O)C1CCCC1S(=O)(=O)NCCc1nncn1C. The van der Waals surface area contributed by atoms with Crippen LogP contribution in [0.5, 0.6) is 0 Å². The molecule has 8 nitrogen and oxygen atoms in total. The summed E-state index contributed by atoms with van der Waals surface area (Å²) in [6, 6.07) is 0. The quantitative estimate of drug-likeness (QED) is 0.718.